The number of nitrogens with one attached hydrogen (secondary N) is 1. The summed E-state index contributed by atoms with van der Waals surface area (Å²) in [6.45, 7) is 0.625. The summed E-state index contributed by atoms with van der Waals surface area (Å²) in [7, 11) is 0. The number of carbonyl (C=O) groups excluding carboxylic acids is 1. The number of urea groups is 1. The van der Waals surface area contributed by atoms with Crippen LogP contribution < -0.4 is 5.32 Å². The van der Waals surface area contributed by atoms with Gasteiger partial charge in [0.25, 0.3) is 0 Å². The lowest BCUT2D eigenvalue weighted by Gasteiger charge is -2.37. The maximum absolute atomic E-state index is 13.3. The fourth-order valence-corrected chi connectivity index (χ4v) is 4.56. The summed E-state index contributed by atoms with van der Waals surface area (Å²) >= 11 is 0. The Balaban J connectivity index is 1.59. The predicted molar refractivity (Wildman–Crippen MR) is 107 cm³/mol. The Hall–Kier alpha value is -2.36. The summed E-state index contributed by atoms with van der Waals surface area (Å²) in [5, 5.41) is 3.34. The lowest BCUT2D eigenvalue weighted by Crippen LogP contribution is -2.47. The van der Waals surface area contributed by atoms with Crippen molar-refractivity contribution in [3.8, 4) is 0 Å². The van der Waals surface area contributed by atoms with Gasteiger partial charge in [-0.05, 0) is 60.9 Å². The molecule has 0 bridgehead atoms. The van der Waals surface area contributed by atoms with E-state index in [0.717, 1.165) is 37.7 Å². The van der Waals surface area contributed by atoms with E-state index in [-0.39, 0.29) is 12.1 Å². The number of nitrogens with zero attached hydrogens (tertiary/aromatic N) is 2. The molecule has 27 heavy (non-hydrogen) atoms. The first kappa shape index (κ1) is 18.0. The predicted octanol–water partition coefficient (Wildman–Crippen LogP) is 5.00. The molecule has 142 valence electrons. The highest BCUT2D eigenvalue weighted by Gasteiger charge is 2.30. The van der Waals surface area contributed by atoms with Crippen LogP contribution in [0.25, 0.3) is 0 Å². The molecule has 4 nitrogen and oxygen atoms in total. The van der Waals surface area contributed by atoms with Crippen LogP contribution in [0.2, 0.25) is 0 Å². The van der Waals surface area contributed by atoms with Crippen molar-refractivity contribution in [3.63, 3.8) is 0 Å². The zero-order valence-electron chi connectivity index (χ0n) is 15.9. The Kier molecular flexibility index (Phi) is 5.71. The number of benzene rings is 1. The molecule has 0 radical (unpaired) electrons. The number of amides is 2. The summed E-state index contributed by atoms with van der Waals surface area (Å²) in [5.74, 6) is 0. The van der Waals surface area contributed by atoms with Gasteiger partial charge >= 0.3 is 6.03 Å². The van der Waals surface area contributed by atoms with Gasteiger partial charge in [0.1, 0.15) is 0 Å². The second-order valence-electron chi connectivity index (χ2n) is 7.87. The van der Waals surface area contributed by atoms with Gasteiger partial charge in [0.05, 0.1) is 6.04 Å². The van der Waals surface area contributed by atoms with Gasteiger partial charge in [-0.2, -0.15) is 0 Å². The smallest absolute Gasteiger partial charge is 0.318 e. The van der Waals surface area contributed by atoms with Gasteiger partial charge in [-0.25, -0.2) is 4.79 Å². The molecule has 4 rings (SSSR count). The molecule has 4 heteroatoms. The molecule has 2 amide bonds. The van der Waals surface area contributed by atoms with E-state index in [2.05, 4.69) is 39.5 Å². The first-order valence-electron chi connectivity index (χ1n) is 10.3. The van der Waals surface area contributed by atoms with Crippen molar-refractivity contribution in [2.45, 2.75) is 70.0 Å². The van der Waals surface area contributed by atoms with E-state index in [1.165, 1.54) is 30.4 Å². The lowest BCUT2D eigenvalue weighted by molar-refractivity contribution is 0.156. The number of hydrogen-bond acceptors (Lipinski definition) is 2. The van der Waals surface area contributed by atoms with Crippen LogP contribution in [0.4, 0.5) is 4.79 Å². The van der Waals surface area contributed by atoms with Gasteiger partial charge in [0.2, 0.25) is 0 Å². The highest BCUT2D eigenvalue weighted by Crippen LogP contribution is 2.35. The van der Waals surface area contributed by atoms with Crippen LogP contribution in [0.5, 0.6) is 0 Å². The summed E-state index contributed by atoms with van der Waals surface area (Å²) in [6.07, 6.45) is 12.8. The van der Waals surface area contributed by atoms with Crippen LogP contribution in [-0.2, 0) is 13.0 Å². The fraction of sp³-hybridized carbons (Fsp3) is 0.478. The second kappa shape index (κ2) is 8.55. The molecule has 1 atom stereocenters. The van der Waals surface area contributed by atoms with Gasteiger partial charge in [-0.1, -0.05) is 43.5 Å². The SMILES string of the molecule is O=C(NC1CCCCC1)N(Cc1ccncc1)C1CCCc2ccccc21. The third-order valence-corrected chi connectivity index (χ3v) is 6.01. The molecular formula is C23H29N3O. The van der Waals surface area contributed by atoms with Crippen molar-refractivity contribution in [1.82, 2.24) is 15.2 Å². The van der Waals surface area contributed by atoms with E-state index >= 15 is 0 Å². The molecule has 2 aliphatic rings. The molecule has 1 N–H and O–H groups in total. The minimum absolute atomic E-state index is 0.0837. The third-order valence-electron chi connectivity index (χ3n) is 6.01. The number of aromatic nitrogens is 1. The van der Waals surface area contributed by atoms with Crippen LogP contribution >= 0.6 is 0 Å². The topological polar surface area (TPSA) is 45.2 Å². The van der Waals surface area contributed by atoms with E-state index in [4.69, 9.17) is 0 Å². The molecule has 1 saturated carbocycles. The number of rotatable bonds is 4. The lowest BCUT2D eigenvalue weighted by atomic mass is 9.86. The standard InChI is InChI=1S/C23H29N3O/c27-23(25-20-9-2-1-3-10-20)26(17-18-13-15-24-16-14-18)22-12-6-8-19-7-4-5-11-21(19)22/h4-5,7,11,13-16,20,22H,1-3,6,8-10,12,17H2,(H,25,27). The zero-order chi connectivity index (χ0) is 18.5. The fourth-order valence-electron chi connectivity index (χ4n) is 4.56. The maximum Gasteiger partial charge on any atom is 0.318 e. The summed E-state index contributed by atoms with van der Waals surface area (Å²) in [6, 6.07) is 13.2. The van der Waals surface area contributed by atoms with Crippen molar-refractivity contribution >= 4 is 6.03 Å². The van der Waals surface area contributed by atoms with Crippen molar-refractivity contribution in [2.24, 2.45) is 0 Å². The van der Waals surface area contributed by atoms with E-state index in [0.29, 0.717) is 12.6 Å². The molecule has 1 heterocycles. The molecule has 2 aliphatic carbocycles. The Morgan fingerprint density at radius 3 is 2.59 bits per heavy atom. The molecule has 1 fully saturated rings. The third kappa shape index (κ3) is 4.32. The first-order chi connectivity index (χ1) is 13.3. The van der Waals surface area contributed by atoms with E-state index in [9.17, 15) is 4.79 Å². The first-order valence-corrected chi connectivity index (χ1v) is 10.3. The molecule has 2 aromatic rings. The van der Waals surface area contributed by atoms with Gasteiger partial charge in [0.15, 0.2) is 0 Å². The van der Waals surface area contributed by atoms with Crippen LogP contribution in [0.1, 0.15) is 67.7 Å². The molecule has 0 aliphatic heterocycles. The highest BCUT2D eigenvalue weighted by atomic mass is 16.2. The van der Waals surface area contributed by atoms with Gasteiger partial charge in [-0.15, -0.1) is 0 Å². The minimum Gasteiger partial charge on any atom is -0.335 e. The number of pyridine rings is 1. The number of aryl methyl sites for hydroxylation is 1. The molecule has 0 saturated heterocycles. The normalized spacial score (nSPS) is 19.9. The quantitative estimate of drug-likeness (QED) is 0.830. The Morgan fingerprint density at radius 1 is 1.00 bits per heavy atom. The second-order valence-corrected chi connectivity index (χ2v) is 7.87. The summed E-state index contributed by atoms with van der Waals surface area (Å²) in [5.41, 5.74) is 3.84. The van der Waals surface area contributed by atoms with Crippen LogP contribution in [-0.4, -0.2) is 22.0 Å². The summed E-state index contributed by atoms with van der Waals surface area (Å²) < 4.78 is 0. The highest BCUT2D eigenvalue weighted by molar-refractivity contribution is 5.75. The van der Waals surface area contributed by atoms with Crippen molar-refractivity contribution in [1.29, 1.82) is 0 Å². The van der Waals surface area contributed by atoms with Gasteiger partial charge in [-0.3, -0.25) is 4.98 Å². The Labute approximate surface area is 162 Å². The molecular weight excluding hydrogens is 334 g/mol. The maximum atomic E-state index is 13.3. The average molecular weight is 364 g/mol. The molecule has 1 aromatic heterocycles. The van der Waals surface area contributed by atoms with Gasteiger partial charge in [0, 0.05) is 25.0 Å². The minimum atomic E-state index is 0.0837. The number of carbonyl (C=O) groups is 1. The molecule has 0 spiro atoms. The van der Waals surface area contributed by atoms with Crippen molar-refractivity contribution < 1.29 is 4.79 Å². The van der Waals surface area contributed by atoms with E-state index in [1.54, 1.807) is 12.4 Å². The van der Waals surface area contributed by atoms with E-state index < -0.39 is 0 Å². The molecule has 1 aromatic carbocycles. The van der Waals surface area contributed by atoms with Crippen molar-refractivity contribution in [3.05, 3.63) is 65.5 Å². The zero-order valence-corrected chi connectivity index (χ0v) is 15.9. The summed E-state index contributed by atoms with van der Waals surface area (Å²) in [4.78, 5) is 19.5. The van der Waals surface area contributed by atoms with Crippen LogP contribution in [0.3, 0.4) is 0 Å². The average Bonchev–Trinajstić information content (AvgIpc) is 2.73. The number of hydrogen-bond donors (Lipinski definition) is 1. The van der Waals surface area contributed by atoms with Crippen LogP contribution in [0, 0.1) is 0 Å². The van der Waals surface area contributed by atoms with Crippen molar-refractivity contribution in [2.75, 3.05) is 0 Å². The molecule has 1 unspecified atom stereocenters. The Bertz CT molecular complexity index is 755. The van der Waals surface area contributed by atoms with Gasteiger partial charge < -0.3 is 10.2 Å². The monoisotopic (exact) mass is 363 g/mol. The van der Waals surface area contributed by atoms with E-state index in [1.807, 2.05) is 12.1 Å². The number of fused-ring (bicyclic) bond motifs is 1. The Morgan fingerprint density at radius 2 is 1.78 bits per heavy atom. The van der Waals surface area contributed by atoms with Crippen LogP contribution in [0.15, 0.2) is 48.8 Å². The largest absolute Gasteiger partial charge is 0.335 e.